The van der Waals surface area contributed by atoms with E-state index in [1.54, 1.807) is 0 Å². The molecule has 43 heavy (non-hydrogen) atoms. The van der Waals surface area contributed by atoms with E-state index in [0.29, 0.717) is 11.8 Å². The highest BCUT2D eigenvalue weighted by Gasteiger charge is 2.18. The first-order valence-corrected chi connectivity index (χ1v) is 19.2. The summed E-state index contributed by atoms with van der Waals surface area (Å²) in [7, 11) is 0. The summed E-state index contributed by atoms with van der Waals surface area (Å²) in [6.45, 7) is 18.2. The Kier molecular flexibility index (Phi) is 31.6. The van der Waals surface area contributed by atoms with Crippen molar-refractivity contribution >= 4 is 0 Å². The van der Waals surface area contributed by atoms with Crippen LogP contribution in [-0.4, -0.2) is 67.0 Å². The van der Waals surface area contributed by atoms with Crippen molar-refractivity contribution in [3.05, 3.63) is 0 Å². The Morgan fingerprint density at radius 1 is 0.512 bits per heavy atom. The molecule has 0 aliphatic rings. The second kappa shape index (κ2) is 31.8. The Hall–Kier alpha value is -0.200. The maximum absolute atomic E-state index is 11.0. The molecule has 0 aromatic rings. The number of hydrogen-bond donors (Lipinski definition) is 2. The molecule has 1 atom stereocenters. The highest BCUT2D eigenvalue weighted by molar-refractivity contribution is 4.70. The van der Waals surface area contributed by atoms with Gasteiger partial charge in [0.05, 0.1) is 19.3 Å². The summed E-state index contributed by atoms with van der Waals surface area (Å²) >= 11 is 0. The Bertz CT molecular complexity index is 512. The van der Waals surface area contributed by atoms with Crippen molar-refractivity contribution in [3.63, 3.8) is 0 Å². The molecule has 5 nitrogen and oxygen atoms in total. The Morgan fingerprint density at radius 2 is 1.02 bits per heavy atom. The van der Waals surface area contributed by atoms with E-state index in [1.165, 1.54) is 70.6 Å². The molecule has 5 heteroatoms. The van der Waals surface area contributed by atoms with Gasteiger partial charge in [0.15, 0.2) is 6.29 Å². The number of aliphatic hydroxyl groups excluding tert-OH is 2. The van der Waals surface area contributed by atoms with Crippen molar-refractivity contribution in [3.8, 4) is 0 Å². The topological polar surface area (TPSA) is 62.2 Å². The van der Waals surface area contributed by atoms with E-state index in [4.69, 9.17) is 9.47 Å². The lowest BCUT2D eigenvalue weighted by Crippen LogP contribution is -2.35. The molecule has 0 aromatic heterocycles. The zero-order valence-electron chi connectivity index (χ0n) is 30.1. The van der Waals surface area contributed by atoms with Crippen LogP contribution in [0.1, 0.15) is 176 Å². The largest absolute Gasteiger partial charge is 0.396 e. The lowest BCUT2D eigenvalue weighted by molar-refractivity contribution is -0.161. The maximum atomic E-state index is 11.0. The van der Waals surface area contributed by atoms with Gasteiger partial charge in [-0.2, -0.15) is 0 Å². The fourth-order valence-corrected chi connectivity index (χ4v) is 6.09. The third-order valence-electron chi connectivity index (χ3n) is 9.71. The second-order valence-electron chi connectivity index (χ2n) is 13.5. The van der Waals surface area contributed by atoms with Gasteiger partial charge < -0.3 is 24.6 Å². The SMILES string of the molecule is CCCCCCC(CCCCCC)CCN(CCCCO)CC(O)CCCCC(OCC(CC)CC)OCC(CC)CC. The van der Waals surface area contributed by atoms with Crippen LogP contribution in [0.15, 0.2) is 0 Å². The average Bonchev–Trinajstić information content (AvgIpc) is 3.02. The first-order chi connectivity index (χ1) is 21.0. The predicted molar refractivity (Wildman–Crippen MR) is 187 cm³/mol. The summed E-state index contributed by atoms with van der Waals surface area (Å²) in [4.78, 5) is 2.49. The molecule has 0 bridgehead atoms. The quantitative estimate of drug-likeness (QED) is 0.0558. The van der Waals surface area contributed by atoms with Gasteiger partial charge >= 0.3 is 0 Å². The van der Waals surface area contributed by atoms with Crippen LogP contribution in [0.4, 0.5) is 0 Å². The fraction of sp³-hybridized carbons (Fsp3) is 1.00. The van der Waals surface area contributed by atoms with Crippen LogP contribution < -0.4 is 0 Å². The highest BCUT2D eigenvalue weighted by atomic mass is 16.7. The summed E-state index contributed by atoms with van der Waals surface area (Å²) in [5, 5.41) is 20.4. The normalized spacial score (nSPS) is 13.0. The lowest BCUT2D eigenvalue weighted by Gasteiger charge is -2.28. The molecule has 0 saturated heterocycles. The van der Waals surface area contributed by atoms with E-state index < -0.39 is 0 Å². The van der Waals surface area contributed by atoms with Crippen molar-refractivity contribution in [2.45, 2.75) is 189 Å². The molecule has 0 saturated carbocycles. The number of hydrogen-bond acceptors (Lipinski definition) is 5. The number of rotatable bonds is 34. The fourth-order valence-electron chi connectivity index (χ4n) is 6.09. The zero-order valence-corrected chi connectivity index (χ0v) is 30.1. The molecule has 0 aromatic carbocycles. The first-order valence-electron chi connectivity index (χ1n) is 19.2. The number of ether oxygens (including phenoxy) is 2. The van der Waals surface area contributed by atoms with Crippen molar-refractivity contribution in [2.75, 3.05) is 39.5 Å². The number of nitrogens with zero attached hydrogens (tertiary/aromatic N) is 1. The molecule has 0 heterocycles. The Labute approximate surface area is 270 Å². The summed E-state index contributed by atoms with van der Waals surface area (Å²) in [6.07, 6.45) is 24.5. The van der Waals surface area contributed by atoms with Gasteiger partial charge in [0.1, 0.15) is 0 Å². The minimum Gasteiger partial charge on any atom is -0.396 e. The molecule has 0 rings (SSSR count). The van der Waals surface area contributed by atoms with Gasteiger partial charge in [-0.25, -0.2) is 0 Å². The van der Waals surface area contributed by atoms with Crippen LogP contribution >= 0.6 is 0 Å². The van der Waals surface area contributed by atoms with Crippen molar-refractivity contribution in [1.29, 1.82) is 0 Å². The van der Waals surface area contributed by atoms with E-state index in [0.717, 1.165) is 103 Å². The molecule has 0 amide bonds. The molecular weight excluding hydrogens is 534 g/mol. The van der Waals surface area contributed by atoms with E-state index >= 15 is 0 Å². The summed E-state index contributed by atoms with van der Waals surface area (Å²) in [6, 6.07) is 0. The standard InChI is InChI=1S/C38H79NO4/c1-7-13-15-17-23-36(24-18-16-14-8-2)27-29-39(28-21-22-30-40)31-37(41)25-19-20-26-38(42-32-34(9-3)10-4)43-33-35(11-5)12-6/h34-38,40-41H,7-33H2,1-6H3. The molecule has 0 aliphatic heterocycles. The van der Waals surface area contributed by atoms with Gasteiger partial charge in [-0.3, -0.25) is 0 Å². The number of aliphatic hydroxyl groups is 2. The highest BCUT2D eigenvalue weighted by Crippen LogP contribution is 2.23. The molecule has 260 valence electrons. The van der Waals surface area contributed by atoms with Gasteiger partial charge in [-0.1, -0.05) is 138 Å². The molecule has 2 N–H and O–H groups in total. The van der Waals surface area contributed by atoms with Gasteiger partial charge in [-0.15, -0.1) is 0 Å². The molecule has 0 spiro atoms. The van der Waals surface area contributed by atoms with Crippen molar-refractivity contribution in [2.24, 2.45) is 17.8 Å². The third kappa shape index (κ3) is 25.7. The molecular formula is C38H79NO4. The van der Waals surface area contributed by atoms with Gasteiger partial charge in [0, 0.05) is 13.2 Å². The Balaban J connectivity index is 4.83. The van der Waals surface area contributed by atoms with E-state index in [1.807, 2.05) is 0 Å². The molecule has 0 fully saturated rings. The minimum atomic E-state index is -0.295. The first kappa shape index (κ1) is 42.8. The number of unbranched alkanes of at least 4 members (excludes halogenated alkanes) is 8. The summed E-state index contributed by atoms with van der Waals surface area (Å²) < 4.78 is 12.6. The Morgan fingerprint density at radius 3 is 1.51 bits per heavy atom. The van der Waals surface area contributed by atoms with Crippen LogP contribution in [0, 0.1) is 17.8 Å². The van der Waals surface area contributed by atoms with E-state index in [-0.39, 0.29) is 19.0 Å². The smallest absolute Gasteiger partial charge is 0.157 e. The van der Waals surface area contributed by atoms with Crippen LogP contribution in [0.2, 0.25) is 0 Å². The van der Waals surface area contributed by atoms with Crippen LogP contribution in [-0.2, 0) is 9.47 Å². The van der Waals surface area contributed by atoms with Crippen molar-refractivity contribution in [1.82, 2.24) is 4.90 Å². The van der Waals surface area contributed by atoms with Crippen LogP contribution in [0.5, 0.6) is 0 Å². The molecule has 0 radical (unpaired) electrons. The van der Waals surface area contributed by atoms with E-state index in [9.17, 15) is 10.2 Å². The predicted octanol–water partition coefficient (Wildman–Crippen LogP) is 10.2. The maximum Gasteiger partial charge on any atom is 0.157 e. The van der Waals surface area contributed by atoms with Crippen molar-refractivity contribution < 1.29 is 19.7 Å². The van der Waals surface area contributed by atoms with E-state index in [2.05, 4.69) is 46.4 Å². The second-order valence-corrected chi connectivity index (χ2v) is 13.5. The average molecular weight is 614 g/mol. The van der Waals surface area contributed by atoms with Gasteiger partial charge in [0.25, 0.3) is 0 Å². The summed E-state index contributed by atoms with van der Waals surface area (Å²) in [5.41, 5.74) is 0. The minimum absolute atomic E-state index is 0.125. The van der Waals surface area contributed by atoms with Gasteiger partial charge in [-0.05, 0) is 69.4 Å². The third-order valence-corrected chi connectivity index (χ3v) is 9.71. The monoisotopic (exact) mass is 614 g/mol. The summed E-state index contributed by atoms with van der Waals surface area (Å²) in [5.74, 6) is 2.01. The zero-order chi connectivity index (χ0) is 32.0. The lowest BCUT2D eigenvalue weighted by atomic mass is 9.91. The molecule has 0 aliphatic carbocycles. The van der Waals surface area contributed by atoms with Crippen LogP contribution in [0.25, 0.3) is 0 Å². The molecule has 1 unspecified atom stereocenters. The van der Waals surface area contributed by atoms with Crippen LogP contribution in [0.3, 0.4) is 0 Å². The van der Waals surface area contributed by atoms with Gasteiger partial charge in [0.2, 0.25) is 0 Å².